The fourth-order valence-electron chi connectivity index (χ4n) is 4.13. The maximum Gasteiger partial charge on any atom is 0.238 e. The van der Waals surface area contributed by atoms with Gasteiger partial charge in [0.15, 0.2) is 0 Å². The number of anilines is 3. The van der Waals surface area contributed by atoms with Crippen LogP contribution in [-0.2, 0) is 4.79 Å². The average Bonchev–Trinajstić information content (AvgIpc) is 3.25. The Morgan fingerprint density at radius 3 is 2.52 bits per heavy atom. The number of para-hydroxylation sites is 1. The number of rotatable bonds is 5. The number of hydrogen-bond acceptors (Lipinski definition) is 7. The second-order valence-electron chi connectivity index (χ2n) is 8.23. The number of amides is 1. The standard InChI is InChI=1S/C25H26N6OS/c1-17-7-5-6-10-20(17)27-22(32)16-30-11-13-31(14-12-30)23-19-15-21(18-8-3-2-4-9-18)33-24(19)29-25(26)28-23/h2-10,15H,11-14,16H2,1H3,(H,27,32)(H2,26,28,29). The van der Waals surface area contributed by atoms with Crippen LogP contribution >= 0.6 is 11.3 Å². The molecule has 0 radical (unpaired) electrons. The Balaban J connectivity index is 1.28. The predicted molar refractivity (Wildman–Crippen MR) is 136 cm³/mol. The number of nitrogens with two attached hydrogens (primary N) is 1. The molecule has 4 aromatic rings. The van der Waals surface area contributed by atoms with Gasteiger partial charge in [0, 0.05) is 36.7 Å². The van der Waals surface area contributed by atoms with Gasteiger partial charge in [0.1, 0.15) is 10.6 Å². The van der Waals surface area contributed by atoms with Crippen LogP contribution in [-0.4, -0.2) is 53.5 Å². The number of benzene rings is 2. The number of aryl methyl sites for hydroxylation is 1. The van der Waals surface area contributed by atoms with Crippen LogP contribution < -0.4 is 16.0 Å². The van der Waals surface area contributed by atoms with Gasteiger partial charge in [-0.2, -0.15) is 4.98 Å². The second-order valence-corrected chi connectivity index (χ2v) is 9.26. The van der Waals surface area contributed by atoms with Crippen LogP contribution in [0.2, 0.25) is 0 Å². The maximum absolute atomic E-state index is 12.5. The van der Waals surface area contributed by atoms with E-state index in [0.29, 0.717) is 12.5 Å². The molecule has 5 rings (SSSR count). The first-order valence-electron chi connectivity index (χ1n) is 11.0. The highest BCUT2D eigenvalue weighted by Gasteiger charge is 2.23. The summed E-state index contributed by atoms with van der Waals surface area (Å²) >= 11 is 1.63. The molecule has 0 atom stereocenters. The van der Waals surface area contributed by atoms with Crippen LogP contribution in [0.4, 0.5) is 17.5 Å². The molecule has 1 saturated heterocycles. The number of carbonyl (C=O) groups is 1. The lowest BCUT2D eigenvalue weighted by Crippen LogP contribution is -2.49. The summed E-state index contributed by atoms with van der Waals surface area (Å²) in [5.41, 5.74) is 9.14. The molecule has 1 fully saturated rings. The molecule has 3 N–H and O–H groups in total. The van der Waals surface area contributed by atoms with Gasteiger partial charge < -0.3 is 16.0 Å². The summed E-state index contributed by atoms with van der Waals surface area (Å²) in [5.74, 6) is 1.18. The van der Waals surface area contributed by atoms with E-state index in [2.05, 4.69) is 43.3 Å². The first kappa shape index (κ1) is 21.4. The van der Waals surface area contributed by atoms with Gasteiger partial charge in [-0.05, 0) is 30.2 Å². The molecule has 3 heterocycles. The van der Waals surface area contributed by atoms with E-state index in [1.54, 1.807) is 11.3 Å². The Labute approximate surface area is 196 Å². The Kier molecular flexibility index (Phi) is 5.93. The van der Waals surface area contributed by atoms with Crippen molar-refractivity contribution >= 4 is 44.9 Å². The van der Waals surface area contributed by atoms with E-state index < -0.39 is 0 Å². The molecular formula is C25H26N6OS. The van der Waals surface area contributed by atoms with Crippen LogP contribution in [0.5, 0.6) is 0 Å². The Bertz CT molecular complexity index is 1280. The number of carbonyl (C=O) groups excluding carboxylic acids is 1. The van der Waals surface area contributed by atoms with Gasteiger partial charge in [0.05, 0.1) is 11.9 Å². The minimum Gasteiger partial charge on any atom is -0.368 e. The average molecular weight is 459 g/mol. The highest BCUT2D eigenvalue weighted by Crippen LogP contribution is 2.37. The summed E-state index contributed by atoms with van der Waals surface area (Å²) in [4.78, 5) is 28.1. The van der Waals surface area contributed by atoms with Crippen LogP contribution in [0.1, 0.15) is 5.56 Å². The monoisotopic (exact) mass is 458 g/mol. The van der Waals surface area contributed by atoms with Crippen LogP contribution in [0.15, 0.2) is 60.7 Å². The molecule has 0 saturated carbocycles. The van der Waals surface area contributed by atoms with E-state index in [4.69, 9.17) is 5.73 Å². The first-order chi connectivity index (χ1) is 16.1. The highest BCUT2D eigenvalue weighted by atomic mass is 32.1. The van der Waals surface area contributed by atoms with Crippen molar-refractivity contribution in [3.05, 3.63) is 66.2 Å². The molecule has 0 unspecified atom stereocenters. The van der Waals surface area contributed by atoms with Crippen molar-refractivity contribution < 1.29 is 4.79 Å². The predicted octanol–water partition coefficient (Wildman–Crippen LogP) is 4.01. The lowest BCUT2D eigenvalue weighted by atomic mass is 10.2. The molecule has 0 aliphatic carbocycles. The molecule has 0 bridgehead atoms. The number of fused-ring (bicyclic) bond motifs is 1. The van der Waals surface area contributed by atoms with E-state index >= 15 is 0 Å². The lowest BCUT2D eigenvalue weighted by Gasteiger charge is -2.35. The summed E-state index contributed by atoms with van der Waals surface area (Å²) in [5, 5.41) is 4.05. The van der Waals surface area contributed by atoms with Crippen molar-refractivity contribution in [2.45, 2.75) is 6.92 Å². The van der Waals surface area contributed by atoms with Gasteiger partial charge in [-0.15, -0.1) is 11.3 Å². The maximum atomic E-state index is 12.5. The van der Waals surface area contributed by atoms with Crippen molar-refractivity contribution in [1.82, 2.24) is 14.9 Å². The van der Waals surface area contributed by atoms with Crippen molar-refractivity contribution in [3.8, 4) is 10.4 Å². The fraction of sp³-hybridized carbons (Fsp3) is 0.240. The Hall–Kier alpha value is -3.49. The number of piperazine rings is 1. The quantitative estimate of drug-likeness (QED) is 0.470. The van der Waals surface area contributed by atoms with Crippen LogP contribution in [0.25, 0.3) is 20.7 Å². The van der Waals surface area contributed by atoms with E-state index in [1.807, 2.05) is 49.4 Å². The van der Waals surface area contributed by atoms with E-state index in [1.165, 1.54) is 0 Å². The van der Waals surface area contributed by atoms with Crippen molar-refractivity contribution in [1.29, 1.82) is 0 Å². The molecular weight excluding hydrogens is 432 g/mol. The molecule has 1 aliphatic rings. The SMILES string of the molecule is Cc1ccccc1NC(=O)CN1CCN(c2nc(N)nc3sc(-c4ccccc4)cc23)CC1. The van der Waals surface area contributed by atoms with Gasteiger partial charge >= 0.3 is 0 Å². The summed E-state index contributed by atoms with van der Waals surface area (Å²) in [7, 11) is 0. The van der Waals surface area contributed by atoms with Crippen LogP contribution in [0.3, 0.4) is 0 Å². The fourth-order valence-corrected chi connectivity index (χ4v) is 5.17. The number of aromatic nitrogens is 2. The zero-order valence-electron chi connectivity index (χ0n) is 18.5. The molecule has 168 valence electrons. The van der Waals surface area contributed by atoms with E-state index in [9.17, 15) is 4.79 Å². The summed E-state index contributed by atoms with van der Waals surface area (Å²) in [6, 6.07) is 20.3. The van der Waals surface area contributed by atoms with Gasteiger partial charge in [0.2, 0.25) is 11.9 Å². The van der Waals surface area contributed by atoms with Gasteiger partial charge in [0.25, 0.3) is 0 Å². The molecule has 7 nitrogen and oxygen atoms in total. The molecule has 1 amide bonds. The molecule has 2 aromatic heterocycles. The summed E-state index contributed by atoms with van der Waals surface area (Å²) in [6.07, 6.45) is 0. The van der Waals surface area contributed by atoms with Gasteiger partial charge in [-0.25, -0.2) is 4.98 Å². The molecule has 0 spiro atoms. The van der Waals surface area contributed by atoms with Crippen molar-refractivity contribution in [3.63, 3.8) is 0 Å². The Morgan fingerprint density at radius 1 is 1.03 bits per heavy atom. The Morgan fingerprint density at radius 2 is 1.76 bits per heavy atom. The minimum absolute atomic E-state index is 0.0109. The molecule has 8 heteroatoms. The third-order valence-electron chi connectivity index (χ3n) is 5.91. The minimum atomic E-state index is 0.0109. The zero-order valence-corrected chi connectivity index (χ0v) is 19.3. The van der Waals surface area contributed by atoms with E-state index in [0.717, 1.165) is 63.9 Å². The third kappa shape index (κ3) is 4.67. The normalized spacial score (nSPS) is 14.5. The van der Waals surface area contributed by atoms with Crippen molar-refractivity contribution in [2.75, 3.05) is 48.7 Å². The summed E-state index contributed by atoms with van der Waals surface area (Å²) in [6.45, 7) is 5.49. The number of nitrogens with one attached hydrogen (secondary N) is 1. The molecule has 2 aromatic carbocycles. The topological polar surface area (TPSA) is 87.4 Å². The number of thiophene rings is 1. The van der Waals surface area contributed by atoms with Crippen molar-refractivity contribution in [2.24, 2.45) is 0 Å². The molecule has 1 aliphatic heterocycles. The summed E-state index contributed by atoms with van der Waals surface area (Å²) < 4.78 is 0. The number of nitrogen functional groups attached to an aromatic ring is 1. The largest absolute Gasteiger partial charge is 0.368 e. The zero-order chi connectivity index (χ0) is 22.8. The van der Waals surface area contributed by atoms with Gasteiger partial charge in [-0.1, -0.05) is 48.5 Å². The molecule has 33 heavy (non-hydrogen) atoms. The van der Waals surface area contributed by atoms with Gasteiger partial charge in [-0.3, -0.25) is 9.69 Å². The second kappa shape index (κ2) is 9.17. The highest BCUT2D eigenvalue weighted by molar-refractivity contribution is 7.22. The number of nitrogens with zero attached hydrogens (tertiary/aromatic N) is 4. The smallest absolute Gasteiger partial charge is 0.238 e. The first-order valence-corrected chi connectivity index (χ1v) is 11.8. The van der Waals surface area contributed by atoms with E-state index in [-0.39, 0.29) is 5.91 Å². The van der Waals surface area contributed by atoms with Crippen LogP contribution in [0, 0.1) is 6.92 Å². The number of hydrogen-bond donors (Lipinski definition) is 2. The lowest BCUT2D eigenvalue weighted by molar-refractivity contribution is -0.117. The third-order valence-corrected chi connectivity index (χ3v) is 6.98.